The van der Waals surface area contributed by atoms with Gasteiger partial charge in [-0.3, -0.25) is 0 Å². The van der Waals surface area contributed by atoms with Crippen LogP contribution in [0.2, 0.25) is 5.02 Å². The summed E-state index contributed by atoms with van der Waals surface area (Å²) in [4.78, 5) is 11.3. The van der Waals surface area contributed by atoms with E-state index in [1.165, 1.54) is 12.1 Å². The third-order valence-corrected chi connectivity index (χ3v) is 2.31. The highest BCUT2D eigenvalue weighted by molar-refractivity contribution is 6.31. The fourth-order valence-corrected chi connectivity index (χ4v) is 1.38. The van der Waals surface area contributed by atoms with Crippen molar-refractivity contribution < 1.29 is 14.3 Å². The fourth-order valence-electron chi connectivity index (χ4n) is 1.17. The van der Waals surface area contributed by atoms with Gasteiger partial charge in [0.2, 0.25) is 0 Å². The molecular weight excluding hydrogens is 242 g/mol. The van der Waals surface area contributed by atoms with Gasteiger partial charge in [0.1, 0.15) is 11.8 Å². The lowest BCUT2D eigenvalue weighted by Crippen LogP contribution is -2.26. The molecule has 90 valence electrons. The summed E-state index contributed by atoms with van der Waals surface area (Å²) in [6.45, 7) is 3.62. The molecular formula is C12H12ClNO3. The van der Waals surface area contributed by atoms with Gasteiger partial charge in [-0.05, 0) is 26.0 Å². The van der Waals surface area contributed by atoms with Crippen LogP contribution in [0, 0.1) is 11.3 Å². The van der Waals surface area contributed by atoms with Gasteiger partial charge in [0.05, 0.1) is 17.2 Å². The average Bonchev–Trinajstić information content (AvgIpc) is 2.29. The SMILES string of the molecule is CCOC(=O)C(C)Oc1ccc(C#N)c(Cl)c1. The first-order chi connectivity index (χ1) is 8.08. The van der Waals surface area contributed by atoms with Crippen LogP contribution in [0.3, 0.4) is 0 Å². The zero-order valence-electron chi connectivity index (χ0n) is 9.57. The molecule has 0 spiro atoms. The van der Waals surface area contributed by atoms with Crippen LogP contribution in [0.4, 0.5) is 0 Å². The van der Waals surface area contributed by atoms with E-state index in [-0.39, 0.29) is 0 Å². The van der Waals surface area contributed by atoms with Crippen LogP contribution in [-0.4, -0.2) is 18.7 Å². The molecule has 1 aromatic rings. The lowest BCUT2D eigenvalue weighted by atomic mass is 10.2. The highest BCUT2D eigenvalue weighted by atomic mass is 35.5. The Kier molecular flexibility index (Phi) is 4.80. The Morgan fingerprint density at radius 1 is 1.59 bits per heavy atom. The van der Waals surface area contributed by atoms with E-state index < -0.39 is 12.1 Å². The number of carbonyl (C=O) groups is 1. The van der Waals surface area contributed by atoms with E-state index in [0.717, 1.165) is 0 Å². The van der Waals surface area contributed by atoms with Crippen LogP contribution in [0.25, 0.3) is 0 Å². The molecule has 0 fully saturated rings. The number of esters is 1. The second-order valence-corrected chi connectivity index (χ2v) is 3.67. The maximum absolute atomic E-state index is 11.3. The molecule has 1 rings (SSSR count). The molecule has 5 heteroatoms. The van der Waals surface area contributed by atoms with E-state index in [1.807, 2.05) is 6.07 Å². The van der Waals surface area contributed by atoms with Crippen molar-refractivity contribution in [2.24, 2.45) is 0 Å². The van der Waals surface area contributed by atoms with Gasteiger partial charge >= 0.3 is 5.97 Å². The number of halogens is 1. The lowest BCUT2D eigenvalue weighted by molar-refractivity contribution is -0.150. The largest absolute Gasteiger partial charge is 0.479 e. The van der Waals surface area contributed by atoms with Crippen LogP contribution in [0.1, 0.15) is 19.4 Å². The van der Waals surface area contributed by atoms with Gasteiger partial charge in [0, 0.05) is 6.07 Å². The Hall–Kier alpha value is -1.73. The Labute approximate surface area is 105 Å². The molecule has 0 bridgehead atoms. The van der Waals surface area contributed by atoms with Gasteiger partial charge in [-0.25, -0.2) is 4.79 Å². The zero-order chi connectivity index (χ0) is 12.8. The third-order valence-electron chi connectivity index (χ3n) is 1.99. The number of nitrogens with zero attached hydrogens (tertiary/aromatic N) is 1. The normalized spacial score (nSPS) is 11.4. The van der Waals surface area contributed by atoms with Gasteiger partial charge in [-0.15, -0.1) is 0 Å². The molecule has 0 aromatic heterocycles. The first kappa shape index (κ1) is 13.3. The van der Waals surface area contributed by atoms with Crippen LogP contribution in [-0.2, 0) is 9.53 Å². The Balaban J connectivity index is 2.73. The molecule has 1 aromatic carbocycles. The van der Waals surface area contributed by atoms with E-state index in [0.29, 0.717) is 22.9 Å². The second kappa shape index (κ2) is 6.12. The molecule has 1 unspecified atom stereocenters. The van der Waals surface area contributed by atoms with E-state index >= 15 is 0 Å². The number of hydrogen-bond acceptors (Lipinski definition) is 4. The third kappa shape index (κ3) is 3.65. The summed E-state index contributed by atoms with van der Waals surface area (Å²) in [5.74, 6) is -0.0115. The Morgan fingerprint density at radius 3 is 2.82 bits per heavy atom. The van der Waals surface area contributed by atoms with E-state index in [1.54, 1.807) is 19.9 Å². The van der Waals surface area contributed by atoms with Crippen molar-refractivity contribution >= 4 is 17.6 Å². The lowest BCUT2D eigenvalue weighted by Gasteiger charge is -2.13. The summed E-state index contributed by atoms with van der Waals surface area (Å²) in [5, 5.41) is 8.99. The number of carbonyl (C=O) groups excluding carboxylic acids is 1. The van der Waals surface area contributed by atoms with Crippen LogP contribution < -0.4 is 4.74 Å². The molecule has 0 heterocycles. The van der Waals surface area contributed by atoms with E-state index in [2.05, 4.69) is 0 Å². The van der Waals surface area contributed by atoms with Crippen molar-refractivity contribution in [1.29, 1.82) is 5.26 Å². The second-order valence-electron chi connectivity index (χ2n) is 3.27. The number of nitriles is 1. The van der Waals surface area contributed by atoms with Crippen molar-refractivity contribution in [1.82, 2.24) is 0 Å². The van der Waals surface area contributed by atoms with Gasteiger partial charge in [-0.2, -0.15) is 5.26 Å². The van der Waals surface area contributed by atoms with Crippen LogP contribution in [0.15, 0.2) is 18.2 Å². The monoisotopic (exact) mass is 253 g/mol. The molecule has 0 aliphatic heterocycles. The fraction of sp³-hybridized carbons (Fsp3) is 0.333. The predicted octanol–water partition coefficient (Wildman–Crippen LogP) is 2.54. The van der Waals surface area contributed by atoms with E-state index in [9.17, 15) is 4.79 Å². The standard InChI is InChI=1S/C12H12ClNO3/c1-3-16-12(15)8(2)17-10-5-4-9(7-14)11(13)6-10/h4-6,8H,3H2,1-2H3. The molecule has 17 heavy (non-hydrogen) atoms. The van der Waals surface area contributed by atoms with E-state index in [4.69, 9.17) is 26.3 Å². The maximum Gasteiger partial charge on any atom is 0.347 e. The minimum atomic E-state index is -0.709. The molecule has 0 N–H and O–H groups in total. The number of ether oxygens (including phenoxy) is 2. The summed E-state index contributed by atoms with van der Waals surface area (Å²) in [7, 11) is 0. The first-order valence-corrected chi connectivity index (χ1v) is 5.49. The minimum Gasteiger partial charge on any atom is -0.479 e. The van der Waals surface area contributed by atoms with Crippen molar-refractivity contribution in [3.8, 4) is 11.8 Å². The molecule has 1 atom stereocenters. The smallest absolute Gasteiger partial charge is 0.347 e. The highest BCUT2D eigenvalue weighted by Gasteiger charge is 2.16. The van der Waals surface area contributed by atoms with Gasteiger partial charge in [0.25, 0.3) is 0 Å². The predicted molar refractivity (Wildman–Crippen MR) is 62.9 cm³/mol. The van der Waals surface area contributed by atoms with Gasteiger partial charge < -0.3 is 9.47 Å². The van der Waals surface area contributed by atoms with Crippen molar-refractivity contribution in [2.45, 2.75) is 20.0 Å². The molecule has 0 saturated heterocycles. The summed E-state index contributed by atoms with van der Waals surface area (Å²) in [6.07, 6.45) is -0.709. The quantitative estimate of drug-likeness (QED) is 0.774. The Bertz CT molecular complexity index is 454. The van der Waals surface area contributed by atoms with Crippen LogP contribution in [0.5, 0.6) is 5.75 Å². The molecule has 0 aliphatic carbocycles. The topological polar surface area (TPSA) is 59.3 Å². The molecule has 4 nitrogen and oxygen atoms in total. The van der Waals surface area contributed by atoms with Crippen molar-refractivity contribution in [3.05, 3.63) is 28.8 Å². The Morgan fingerprint density at radius 2 is 2.29 bits per heavy atom. The molecule has 0 aliphatic rings. The summed E-state index contributed by atoms with van der Waals surface area (Å²) >= 11 is 5.84. The first-order valence-electron chi connectivity index (χ1n) is 5.11. The number of benzene rings is 1. The summed E-state index contributed by atoms with van der Waals surface area (Å²) in [6, 6.07) is 6.56. The average molecular weight is 254 g/mol. The van der Waals surface area contributed by atoms with Gasteiger partial charge in [-0.1, -0.05) is 11.6 Å². The molecule has 0 saturated carbocycles. The van der Waals surface area contributed by atoms with Gasteiger partial charge in [0.15, 0.2) is 6.10 Å². The number of hydrogen-bond donors (Lipinski definition) is 0. The van der Waals surface area contributed by atoms with Crippen molar-refractivity contribution in [2.75, 3.05) is 6.61 Å². The molecule has 0 radical (unpaired) electrons. The highest BCUT2D eigenvalue weighted by Crippen LogP contribution is 2.22. The zero-order valence-corrected chi connectivity index (χ0v) is 10.3. The maximum atomic E-state index is 11.3. The molecule has 0 amide bonds. The van der Waals surface area contributed by atoms with Crippen LogP contribution >= 0.6 is 11.6 Å². The van der Waals surface area contributed by atoms with Crippen molar-refractivity contribution in [3.63, 3.8) is 0 Å². The summed E-state index contributed by atoms with van der Waals surface area (Å²) < 4.78 is 10.1. The minimum absolute atomic E-state index is 0.293. The number of rotatable bonds is 4. The summed E-state index contributed by atoms with van der Waals surface area (Å²) in [5.41, 5.74) is 0.364.